The highest BCUT2D eigenvalue weighted by Gasteiger charge is 2.65. The van der Waals surface area contributed by atoms with Crippen molar-refractivity contribution >= 4 is 17.9 Å². The maximum absolute atomic E-state index is 13.0. The molecule has 0 spiro atoms. The molecule has 9 atom stereocenters. The number of allylic oxidation sites excluding steroid dienone is 3. The number of rotatable bonds is 2. The summed E-state index contributed by atoms with van der Waals surface area (Å²) in [6.07, 6.45) is 13.1. The maximum Gasteiger partial charge on any atom is 0.350 e. The molecule has 2 bridgehead atoms. The van der Waals surface area contributed by atoms with Gasteiger partial charge < -0.3 is 14.2 Å². The smallest absolute Gasteiger partial charge is 0.350 e. The van der Waals surface area contributed by atoms with E-state index in [0.717, 1.165) is 51.4 Å². The lowest BCUT2D eigenvalue weighted by Gasteiger charge is -2.52. The van der Waals surface area contributed by atoms with Crippen LogP contribution in [0.4, 0.5) is 0 Å². The summed E-state index contributed by atoms with van der Waals surface area (Å²) in [5.74, 6) is 0.468. The van der Waals surface area contributed by atoms with Crippen molar-refractivity contribution < 1.29 is 28.6 Å². The number of carbonyl (C=O) groups excluding carboxylic acids is 3. The van der Waals surface area contributed by atoms with E-state index < -0.39 is 17.2 Å². The van der Waals surface area contributed by atoms with E-state index in [2.05, 4.69) is 33.8 Å². The average molecular weight is 525 g/mol. The van der Waals surface area contributed by atoms with Gasteiger partial charge in [-0.25, -0.2) is 9.59 Å². The molecule has 208 valence electrons. The zero-order valence-corrected chi connectivity index (χ0v) is 23.9. The summed E-state index contributed by atoms with van der Waals surface area (Å²) in [6.45, 7) is 12.3. The Kier molecular flexibility index (Phi) is 5.81. The van der Waals surface area contributed by atoms with E-state index in [1.807, 2.05) is 0 Å². The highest BCUT2D eigenvalue weighted by atomic mass is 16.6. The van der Waals surface area contributed by atoms with Crippen LogP contribution < -0.4 is 0 Å². The molecule has 0 amide bonds. The van der Waals surface area contributed by atoms with Gasteiger partial charge in [-0.15, -0.1) is 0 Å². The van der Waals surface area contributed by atoms with Crippen LogP contribution in [0.3, 0.4) is 0 Å². The van der Waals surface area contributed by atoms with Gasteiger partial charge >= 0.3 is 17.9 Å². The molecule has 3 fully saturated rings. The fourth-order valence-corrected chi connectivity index (χ4v) is 10.2. The van der Waals surface area contributed by atoms with Crippen LogP contribution in [0.1, 0.15) is 99.3 Å². The summed E-state index contributed by atoms with van der Waals surface area (Å²) in [7, 11) is 0. The van der Waals surface area contributed by atoms with E-state index in [0.29, 0.717) is 23.7 Å². The monoisotopic (exact) mass is 524 g/mol. The van der Waals surface area contributed by atoms with Crippen molar-refractivity contribution in [1.29, 1.82) is 0 Å². The van der Waals surface area contributed by atoms with Crippen LogP contribution in [-0.4, -0.2) is 35.2 Å². The van der Waals surface area contributed by atoms with Gasteiger partial charge in [0, 0.05) is 24.8 Å². The standard InChI is InChI=1S/C32H44O6/c1-18(33)37-32(6)21-16-22(26(17-21)36-28(32)35)25-12-14-30(4)24-9-8-23-19(7-10-27(34)38-29(23,2)3)15-20(24)11-13-31(25,30)5/h7,10,19,21-23,25-26H,8-9,11-17H2,1-6H3. The molecule has 6 aliphatic rings. The van der Waals surface area contributed by atoms with Gasteiger partial charge in [-0.2, -0.15) is 0 Å². The van der Waals surface area contributed by atoms with Crippen molar-refractivity contribution in [1.82, 2.24) is 0 Å². The predicted molar refractivity (Wildman–Crippen MR) is 142 cm³/mol. The highest BCUT2D eigenvalue weighted by Crippen LogP contribution is 2.70. The number of cyclic esters (lactones) is 1. The first-order valence-electron chi connectivity index (χ1n) is 14.8. The first-order chi connectivity index (χ1) is 17.8. The summed E-state index contributed by atoms with van der Waals surface area (Å²) < 4.78 is 17.5. The molecule has 38 heavy (non-hydrogen) atoms. The number of hydrogen-bond donors (Lipinski definition) is 0. The SMILES string of the molecule is CC(=O)OC1(C)C(=O)OC2CC1CC2C1CCC2(C)C3=C(CCC12C)CC1C=CC(=O)OC(C)(C)C1CC3. The normalized spacial score (nSPS) is 47.2. The second-order valence-electron chi connectivity index (χ2n) is 14.4. The van der Waals surface area contributed by atoms with Crippen molar-refractivity contribution in [3.05, 3.63) is 23.3 Å². The van der Waals surface area contributed by atoms with Gasteiger partial charge in [0.05, 0.1) is 0 Å². The first kappa shape index (κ1) is 26.1. The number of fused-ring (bicyclic) bond motifs is 5. The molecule has 9 unspecified atom stereocenters. The predicted octanol–water partition coefficient (Wildman–Crippen LogP) is 6.08. The summed E-state index contributed by atoms with van der Waals surface area (Å²) in [4.78, 5) is 37.1. The lowest BCUT2D eigenvalue weighted by atomic mass is 9.52. The Morgan fingerprint density at radius 1 is 1.00 bits per heavy atom. The van der Waals surface area contributed by atoms with Crippen molar-refractivity contribution in [3.63, 3.8) is 0 Å². The zero-order valence-electron chi connectivity index (χ0n) is 23.9. The third-order valence-electron chi connectivity index (χ3n) is 12.4. The van der Waals surface area contributed by atoms with Crippen LogP contribution in [0.15, 0.2) is 23.3 Å². The van der Waals surface area contributed by atoms with Crippen LogP contribution >= 0.6 is 0 Å². The third-order valence-corrected chi connectivity index (χ3v) is 12.4. The van der Waals surface area contributed by atoms with Gasteiger partial charge in [-0.05, 0) is 107 Å². The molecule has 0 N–H and O–H groups in total. The van der Waals surface area contributed by atoms with Gasteiger partial charge in [0.1, 0.15) is 11.7 Å². The summed E-state index contributed by atoms with van der Waals surface area (Å²) in [6, 6.07) is 0. The van der Waals surface area contributed by atoms with Gasteiger partial charge in [0.25, 0.3) is 0 Å². The van der Waals surface area contributed by atoms with E-state index in [1.54, 1.807) is 24.1 Å². The fourth-order valence-electron chi connectivity index (χ4n) is 10.2. The van der Waals surface area contributed by atoms with E-state index >= 15 is 0 Å². The van der Waals surface area contributed by atoms with E-state index in [-0.39, 0.29) is 34.8 Å². The third kappa shape index (κ3) is 3.60. The maximum atomic E-state index is 13.0. The average Bonchev–Trinajstić information content (AvgIpc) is 3.19. The molecule has 6 heteroatoms. The van der Waals surface area contributed by atoms with E-state index in [1.165, 1.54) is 13.3 Å². The Balaban J connectivity index is 1.29. The second kappa shape index (κ2) is 8.44. The Labute approximate surface area is 226 Å². The molecular formula is C32H44O6. The Morgan fingerprint density at radius 3 is 2.50 bits per heavy atom. The Morgan fingerprint density at radius 2 is 1.76 bits per heavy atom. The number of ether oxygens (including phenoxy) is 3. The van der Waals surface area contributed by atoms with Crippen LogP contribution in [0, 0.1) is 40.4 Å². The molecule has 1 saturated heterocycles. The first-order valence-corrected chi connectivity index (χ1v) is 14.8. The number of carbonyl (C=O) groups is 3. The molecule has 6 rings (SSSR count). The fraction of sp³-hybridized carbons (Fsp3) is 0.781. The van der Waals surface area contributed by atoms with E-state index in [4.69, 9.17) is 14.2 Å². The molecule has 0 radical (unpaired) electrons. The molecular weight excluding hydrogens is 480 g/mol. The van der Waals surface area contributed by atoms with Crippen molar-refractivity contribution in [2.75, 3.05) is 0 Å². The molecule has 0 aromatic heterocycles. The summed E-state index contributed by atoms with van der Waals surface area (Å²) in [5.41, 5.74) is 1.92. The molecule has 2 aliphatic heterocycles. The van der Waals surface area contributed by atoms with Crippen LogP contribution in [0.25, 0.3) is 0 Å². The van der Waals surface area contributed by atoms with Crippen LogP contribution in [0.5, 0.6) is 0 Å². The van der Waals surface area contributed by atoms with Crippen molar-refractivity contribution in [3.8, 4) is 0 Å². The van der Waals surface area contributed by atoms with Gasteiger partial charge in [-0.1, -0.05) is 31.1 Å². The van der Waals surface area contributed by atoms with Gasteiger partial charge in [0.15, 0.2) is 0 Å². The topological polar surface area (TPSA) is 78.9 Å². The molecule has 0 aromatic carbocycles. The molecule has 6 nitrogen and oxygen atoms in total. The van der Waals surface area contributed by atoms with Crippen LogP contribution in [-0.2, 0) is 28.6 Å². The summed E-state index contributed by atoms with van der Waals surface area (Å²) >= 11 is 0. The van der Waals surface area contributed by atoms with E-state index in [9.17, 15) is 14.4 Å². The minimum Gasteiger partial charge on any atom is -0.459 e. The molecule has 2 saturated carbocycles. The second-order valence-corrected chi connectivity index (χ2v) is 14.4. The number of hydrogen-bond acceptors (Lipinski definition) is 6. The highest BCUT2D eigenvalue weighted by molar-refractivity contribution is 5.84. The van der Waals surface area contributed by atoms with Gasteiger partial charge in [0.2, 0.25) is 5.60 Å². The molecule has 4 aliphatic carbocycles. The zero-order chi connectivity index (χ0) is 27.3. The largest absolute Gasteiger partial charge is 0.459 e. The lowest BCUT2D eigenvalue weighted by Crippen LogP contribution is -2.51. The van der Waals surface area contributed by atoms with Gasteiger partial charge in [-0.3, -0.25) is 4.79 Å². The number of esters is 3. The lowest BCUT2D eigenvalue weighted by molar-refractivity contribution is -0.197. The summed E-state index contributed by atoms with van der Waals surface area (Å²) in [5, 5.41) is 0. The minimum atomic E-state index is -1.16. The van der Waals surface area contributed by atoms with Crippen molar-refractivity contribution in [2.45, 2.75) is 117 Å². The van der Waals surface area contributed by atoms with Crippen LogP contribution in [0.2, 0.25) is 0 Å². The quantitative estimate of drug-likeness (QED) is 0.247. The minimum absolute atomic E-state index is 0.0261. The Bertz CT molecular complexity index is 1130. The Hall–Kier alpha value is -2.11. The van der Waals surface area contributed by atoms with Crippen molar-refractivity contribution in [2.24, 2.45) is 40.4 Å². The molecule has 0 aromatic rings. The molecule has 2 heterocycles.